The monoisotopic (exact) mass is 410 g/mol. The van der Waals surface area contributed by atoms with Crippen molar-refractivity contribution < 1.29 is 19.1 Å². The molecule has 0 fully saturated rings. The molecule has 1 aromatic carbocycles. The van der Waals surface area contributed by atoms with E-state index in [9.17, 15) is 14.4 Å². The summed E-state index contributed by atoms with van der Waals surface area (Å²) >= 11 is 6.23. The van der Waals surface area contributed by atoms with Gasteiger partial charge >= 0.3 is 6.09 Å². The molecule has 156 valence electrons. The van der Waals surface area contributed by atoms with Crippen LogP contribution in [0.1, 0.15) is 64.4 Å². The molecular weight excluding hydrogens is 380 g/mol. The van der Waals surface area contributed by atoms with E-state index in [1.165, 1.54) is 0 Å². The molecule has 0 heterocycles. The van der Waals surface area contributed by atoms with Crippen molar-refractivity contribution >= 4 is 29.4 Å². The first-order valence-corrected chi connectivity index (χ1v) is 9.65. The highest BCUT2D eigenvalue weighted by atomic mass is 35.5. The predicted molar refractivity (Wildman–Crippen MR) is 111 cm³/mol. The van der Waals surface area contributed by atoms with E-state index < -0.39 is 17.7 Å². The molecule has 0 radical (unpaired) electrons. The topological polar surface area (TPSA) is 84.5 Å². The highest BCUT2D eigenvalue weighted by Gasteiger charge is 2.24. The van der Waals surface area contributed by atoms with E-state index >= 15 is 0 Å². The molecule has 0 saturated carbocycles. The number of benzene rings is 1. The van der Waals surface area contributed by atoms with Crippen molar-refractivity contribution in [2.45, 2.75) is 66.5 Å². The van der Waals surface area contributed by atoms with Crippen LogP contribution in [0.3, 0.4) is 0 Å². The number of halogens is 1. The zero-order valence-electron chi connectivity index (χ0n) is 17.7. The third kappa shape index (κ3) is 8.30. The lowest BCUT2D eigenvalue weighted by atomic mass is 9.96. The van der Waals surface area contributed by atoms with Crippen LogP contribution < -0.4 is 10.6 Å². The highest BCUT2D eigenvalue weighted by molar-refractivity contribution is 6.34. The fraction of sp³-hybridized carbons (Fsp3) is 0.571. The summed E-state index contributed by atoms with van der Waals surface area (Å²) in [5, 5.41) is 5.66. The Morgan fingerprint density at radius 1 is 1.11 bits per heavy atom. The minimum Gasteiger partial charge on any atom is -0.444 e. The van der Waals surface area contributed by atoms with Gasteiger partial charge in [0.25, 0.3) is 5.91 Å². The first-order valence-electron chi connectivity index (χ1n) is 9.27. The highest BCUT2D eigenvalue weighted by Crippen LogP contribution is 2.22. The average Bonchev–Trinajstić information content (AvgIpc) is 2.50. The Morgan fingerprint density at radius 3 is 2.25 bits per heavy atom. The normalized spacial score (nSPS) is 12.9. The lowest BCUT2D eigenvalue weighted by Gasteiger charge is -2.22. The Kier molecular flexibility index (Phi) is 8.05. The number of nitrogens with one attached hydrogen (secondary N) is 2. The smallest absolute Gasteiger partial charge is 0.408 e. The standard InChI is InChI=1S/C21H31ClN2O4/c1-13(24-19(27)28-21(5,6)7)16(25)11-14-9-8-10-15(22)17(14)18(26)23-12-20(2,3)4/h8-10,13H,11-12H2,1-7H3,(H,23,26)(H,24,27)/t13-/m0/s1. The van der Waals surface area contributed by atoms with E-state index in [4.69, 9.17) is 16.3 Å². The lowest BCUT2D eigenvalue weighted by Crippen LogP contribution is -2.42. The SMILES string of the molecule is C[C@H](NC(=O)OC(C)(C)C)C(=O)Cc1cccc(Cl)c1C(=O)NCC(C)(C)C. The third-order valence-corrected chi connectivity index (χ3v) is 4.00. The number of carbonyl (C=O) groups excluding carboxylic acids is 3. The Hall–Kier alpha value is -2.08. The van der Waals surface area contributed by atoms with Gasteiger partial charge in [-0.1, -0.05) is 44.5 Å². The molecule has 0 spiro atoms. The van der Waals surface area contributed by atoms with Gasteiger partial charge in [-0.3, -0.25) is 9.59 Å². The van der Waals surface area contributed by atoms with Crippen LogP contribution in [0.5, 0.6) is 0 Å². The zero-order valence-corrected chi connectivity index (χ0v) is 18.5. The maximum absolute atomic E-state index is 12.6. The molecule has 1 rings (SSSR count). The molecule has 2 N–H and O–H groups in total. The van der Waals surface area contributed by atoms with Gasteiger partial charge in [-0.05, 0) is 44.7 Å². The first kappa shape index (κ1) is 24.0. The second kappa shape index (κ2) is 9.41. The van der Waals surface area contributed by atoms with Gasteiger partial charge in [-0.15, -0.1) is 0 Å². The molecule has 0 saturated heterocycles. The van der Waals surface area contributed by atoms with Crippen LogP contribution in [0, 0.1) is 5.41 Å². The van der Waals surface area contributed by atoms with Gasteiger partial charge < -0.3 is 15.4 Å². The van der Waals surface area contributed by atoms with E-state index in [1.54, 1.807) is 45.9 Å². The van der Waals surface area contributed by atoms with Crippen LogP contribution in [0.4, 0.5) is 4.79 Å². The number of carbonyl (C=O) groups is 3. The maximum atomic E-state index is 12.6. The Bertz CT molecular complexity index is 733. The van der Waals surface area contributed by atoms with Crippen LogP contribution in [-0.4, -0.2) is 36.0 Å². The summed E-state index contributed by atoms with van der Waals surface area (Å²) in [6.45, 7) is 13.3. The van der Waals surface area contributed by atoms with Crippen LogP contribution in [0.2, 0.25) is 5.02 Å². The molecule has 1 aromatic rings. The first-order chi connectivity index (χ1) is 12.7. The summed E-state index contributed by atoms with van der Waals surface area (Å²) in [5.74, 6) is -0.575. The number of rotatable bonds is 6. The molecule has 1 atom stereocenters. The third-order valence-electron chi connectivity index (χ3n) is 3.69. The van der Waals surface area contributed by atoms with E-state index in [1.807, 2.05) is 20.8 Å². The second-order valence-electron chi connectivity index (χ2n) is 9.03. The van der Waals surface area contributed by atoms with Crippen molar-refractivity contribution in [3.8, 4) is 0 Å². The predicted octanol–water partition coefficient (Wildman–Crippen LogP) is 4.14. The molecule has 0 unspecified atom stereocenters. The van der Waals surface area contributed by atoms with Gasteiger partial charge in [0, 0.05) is 13.0 Å². The number of alkyl carbamates (subject to hydrolysis) is 1. The van der Waals surface area contributed by atoms with Crippen molar-refractivity contribution in [3.05, 3.63) is 34.3 Å². The van der Waals surface area contributed by atoms with Crippen molar-refractivity contribution in [1.29, 1.82) is 0 Å². The van der Waals surface area contributed by atoms with Crippen LogP contribution in [0.15, 0.2) is 18.2 Å². The summed E-state index contributed by atoms with van der Waals surface area (Å²) in [6, 6.07) is 4.23. The summed E-state index contributed by atoms with van der Waals surface area (Å²) in [4.78, 5) is 37.1. The van der Waals surface area contributed by atoms with Gasteiger partial charge in [-0.25, -0.2) is 4.79 Å². The molecule has 6 nitrogen and oxygen atoms in total. The number of hydrogen-bond acceptors (Lipinski definition) is 4. The van der Waals surface area contributed by atoms with Crippen molar-refractivity contribution in [3.63, 3.8) is 0 Å². The Labute approximate surface area is 172 Å². The van der Waals surface area contributed by atoms with Gasteiger partial charge in [0.05, 0.1) is 16.6 Å². The minimum absolute atomic E-state index is 0.0319. The average molecular weight is 411 g/mol. The molecule has 7 heteroatoms. The van der Waals surface area contributed by atoms with Gasteiger partial charge in [0.15, 0.2) is 5.78 Å². The van der Waals surface area contributed by atoms with Gasteiger partial charge in [0.1, 0.15) is 5.60 Å². The van der Waals surface area contributed by atoms with E-state index in [2.05, 4.69) is 10.6 Å². The molecule has 0 aliphatic heterocycles. The molecule has 0 aliphatic carbocycles. The van der Waals surface area contributed by atoms with Crippen molar-refractivity contribution in [1.82, 2.24) is 10.6 Å². The quantitative estimate of drug-likeness (QED) is 0.738. The van der Waals surface area contributed by atoms with Crippen molar-refractivity contribution in [2.24, 2.45) is 5.41 Å². The Morgan fingerprint density at radius 2 is 1.71 bits per heavy atom. The summed E-state index contributed by atoms with van der Waals surface area (Å²) in [6.07, 6.45) is -0.696. The summed E-state index contributed by atoms with van der Waals surface area (Å²) in [7, 11) is 0. The van der Waals surface area contributed by atoms with E-state index in [-0.39, 0.29) is 34.1 Å². The van der Waals surface area contributed by atoms with E-state index in [0.717, 1.165) is 0 Å². The van der Waals surface area contributed by atoms with E-state index in [0.29, 0.717) is 12.1 Å². The largest absolute Gasteiger partial charge is 0.444 e. The Balaban J connectivity index is 2.88. The fourth-order valence-corrected chi connectivity index (χ4v) is 2.59. The molecule has 2 amide bonds. The van der Waals surface area contributed by atoms with Gasteiger partial charge in [-0.2, -0.15) is 0 Å². The maximum Gasteiger partial charge on any atom is 0.408 e. The summed E-state index contributed by atoms with van der Waals surface area (Å²) < 4.78 is 5.17. The molecule has 28 heavy (non-hydrogen) atoms. The molecule has 0 aromatic heterocycles. The number of amides is 2. The van der Waals surface area contributed by atoms with Crippen LogP contribution in [0.25, 0.3) is 0 Å². The lowest BCUT2D eigenvalue weighted by molar-refractivity contribution is -0.120. The number of hydrogen-bond donors (Lipinski definition) is 2. The molecule has 0 bridgehead atoms. The van der Waals surface area contributed by atoms with Crippen LogP contribution >= 0.6 is 11.6 Å². The van der Waals surface area contributed by atoms with Gasteiger partial charge in [0.2, 0.25) is 0 Å². The summed E-state index contributed by atoms with van der Waals surface area (Å²) in [5.41, 5.74) is 0.0598. The number of Topliss-reactive ketones (excluding diaryl/α,β-unsaturated/α-hetero) is 1. The van der Waals surface area contributed by atoms with Crippen LogP contribution in [-0.2, 0) is 16.0 Å². The van der Waals surface area contributed by atoms with Crippen molar-refractivity contribution in [2.75, 3.05) is 6.54 Å². The zero-order chi connectivity index (χ0) is 21.7. The number of ketones is 1. The fourth-order valence-electron chi connectivity index (χ4n) is 2.31. The second-order valence-corrected chi connectivity index (χ2v) is 9.44. The number of ether oxygens (including phenoxy) is 1. The minimum atomic E-state index is -0.765. The molecule has 0 aliphatic rings. The molecular formula is C21H31ClN2O4.